The topological polar surface area (TPSA) is 152 Å². The first kappa shape index (κ1) is 17.7. The number of rotatable bonds is 4. The summed E-state index contributed by atoms with van der Waals surface area (Å²) in [6, 6.07) is 6.49. The molecule has 0 radical (unpaired) electrons. The first-order chi connectivity index (χ1) is 12.8. The molecule has 1 heterocycles. The maximum Gasteiger partial charge on any atom is 0.348 e. The summed E-state index contributed by atoms with van der Waals surface area (Å²) >= 11 is 0. The molecule has 0 saturated carbocycles. The maximum absolute atomic E-state index is 12.9. The van der Waals surface area contributed by atoms with Gasteiger partial charge in [-0.15, -0.1) is 0 Å². The lowest BCUT2D eigenvalue weighted by atomic mass is 10.1. The summed E-state index contributed by atoms with van der Waals surface area (Å²) in [5.74, 6) is -0.897. The van der Waals surface area contributed by atoms with E-state index in [1.165, 1.54) is 12.1 Å². The number of aromatic nitrogens is 2. The number of nitrogens with one attached hydrogen (secondary N) is 1. The molecule has 0 amide bonds. The summed E-state index contributed by atoms with van der Waals surface area (Å²) in [5, 5.41) is 32.1. The minimum Gasteiger partial charge on any atom is -0.507 e. The van der Waals surface area contributed by atoms with Crippen LogP contribution in [-0.4, -0.2) is 24.9 Å². The van der Waals surface area contributed by atoms with Crippen LogP contribution in [0.5, 0.6) is 0 Å². The Bertz CT molecular complexity index is 1170. The first-order valence-electron chi connectivity index (χ1n) is 7.29. The minimum absolute atomic E-state index is 0.0734. The SMILES string of the molecule is O=c1[nH]c2cc([N+](=O)[O-])c([N+](=O)[O-])cc2nc1C=C(O)c1ccc(F)cc1. The summed E-state index contributed by atoms with van der Waals surface area (Å²) in [6.45, 7) is 0. The van der Waals surface area contributed by atoms with Gasteiger partial charge >= 0.3 is 11.4 Å². The lowest BCUT2D eigenvalue weighted by Crippen LogP contribution is -2.12. The highest BCUT2D eigenvalue weighted by Gasteiger charge is 2.25. The average Bonchev–Trinajstić information content (AvgIpc) is 2.61. The lowest BCUT2D eigenvalue weighted by Gasteiger charge is -2.03. The first-order valence-corrected chi connectivity index (χ1v) is 7.29. The van der Waals surface area contributed by atoms with Crippen LogP contribution in [0.4, 0.5) is 15.8 Å². The van der Waals surface area contributed by atoms with E-state index in [0.29, 0.717) is 0 Å². The van der Waals surface area contributed by atoms with Crippen LogP contribution in [0.25, 0.3) is 22.9 Å². The van der Waals surface area contributed by atoms with Crippen LogP contribution in [-0.2, 0) is 0 Å². The van der Waals surface area contributed by atoms with Gasteiger partial charge in [-0.1, -0.05) is 0 Å². The zero-order valence-corrected chi connectivity index (χ0v) is 13.2. The minimum atomic E-state index is -0.940. The van der Waals surface area contributed by atoms with E-state index in [9.17, 15) is 34.5 Å². The summed E-state index contributed by atoms with van der Waals surface area (Å²) in [4.78, 5) is 38.5. The van der Waals surface area contributed by atoms with Crippen molar-refractivity contribution in [2.75, 3.05) is 0 Å². The molecule has 3 rings (SSSR count). The highest BCUT2D eigenvalue weighted by Crippen LogP contribution is 2.30. The van der Waals surface area contributed by atoms with Gasteiger partial charge in [-0.05, 0) is 24.3 Å². The number of nitro benzene ring substituents is 2. The van der Waals surface area contributed by atoms with E-state index in [2.05, 4.69) is 9.97 Å². The largest absolute Gasteiger partial charge is 0.507 e. The van der Waals surface area contributed by atoms with Gasteiger partial charge in [0.05, 0.1) is 26.9 Å². The molecule has 0 saturated heterocycles. The van der Waals surface area contributed by atoms with Crippen molar-refractivity contribution in [3.63, 3.8) is 0 Å². The van der Waals surface area contributed by atoms with Crippen LogP contribution in [0.15, 0.2) is 41.2 Å². The second-order valence-corrected chi connectivity index (χ2v) is 5.36. The third-order valence-electron chi connectivity index (χ3n) is 3.62. The summed E-state index contributed by atoms with van der Waals surface area (Å²) in [5.41, 5.74) is -2.58. The zero-order chi connectivity index (χ0) is 19.7. The van der Waals surface area contributed by atoms with E-state index >= 15 is 0 Å². The van der Waals surface area contributed by atoms with Gasteiger partial charge in [-0.25, -0.2) is 9.37 Å². The molecule has 0 atom stereocenters. The molecule has 136 valence electrons. The Morgan fingerprint density at radius 3 is 2.30 bits per heavy atom. The molecule has 0 aliphatic rings. The fraction of sp³-hybridized carbons (Fsp3) is 0. The Kier molecular flexibility index (Phi) is 4.34. The molecule has 0 spiro atoms. The van der Waals surface area contributed by atoms with E-state index < -0.39 is 32.6 Å². The van der Waals surface area contributed by atoms with Crippen LogP contribution in [0.2, 0.25) is 0 Å². The lowest BCUT2D eigenvalue weighted by molar-refractivity contribution is -0.422. The third kappa shape index (κ3) is 3.46. The van der Waals surface area contributed by atoms with E-state index in [4.69, 9.17) is 0 Å². The molecule has 2 N–H and O–H groups in total. The molecule has 11 heteroatoms. The van der Waals surface area contributed by atoms with E-state index in [1.54, 1.807) is 0 Å². The highest BCUT2D eigenvalue weighted by molar-refractivity contribution is 5.84. The van der Waals surface area contributed by atoms with E-state index in [0.717, 1.165) is 30.3 Å². The Labute approximate surface area is 148 Å². The molecular formula is C16H9FN4O6. The van der Waals surface area contributed by atoms with Crippen molar-refractivity contribution >= 4 is 34.2 Å². The van der Waals surface area contributed by atoms with Gasteiger partial charge in [0.15, 0.2) is 0 Å². The number of aromatic amines is 1. The van der Waals surface area contributed by atoms with E-state index in [1.807, 2.05) is 0 Å². The number of halogens is 1. The van der Waals surface area contributed by atoms with Crippen molar-refractivity contribution in [1.29, 1.82) is 0 Å². The Hall–Kier alpha value is -4.15. The second-order valence-electron chi connectivity index (χ2n) is 5.36. The van der Waals surface area contributed by atoms with Crippen molar-refractivity contribution in [2.45, 2.75) is 0 Å². The number of hydrogen-bond acceptors (Lipinski definition) is 7. The number of nitrogens with zero attached hydrogens (tertiary/aromatic N) is 3. The molecule has 2 aromatic carbocycles. The molecule has 3 aromatic rings. The number of hydrogen-bond donors (Lipinski definition) is 2. The smallest absolute Gasteiger partial charge is 0.348 e. The fourth-order valence-electron chi connectivity index (χ4n) is 2.35. The van der Waals surface area contributed by atoms with Gasteiger partial charge in [-0.3, -0.25) is 25.0 Å². The fourth-order valence-corrected chi connectivity index (χ4v) is 2.35. The molecule has 0 unspecified atom stereocenters. The molecule has 10 nitrogen and oxygen atoms in total. The molecule has 0 aliphatic heterocycles. The van der Waals surface area contributed by atoms with Crippen LogP contribution in [0, 0.1) is 26.0 Å². The monoisotopic (exact) mass is 372 g/mol. The van der Waals surface area contributed by atoms with Crippen molar-refractivity contribution in [1.82, 2.24) is 9.97 Å². The maximum atomic E-state index is 12.9. The molecule has 0 aliphatic carbocycles. The molecule has 27 heavy (non-hydrogen) atoms. The number of nitro groups is 2. The molecule has 1 aromatic heterocycles. The van der Waals surface area contributed by atoms with Crippen LogP contribution >= 0.6 is 0 Å². The normalized spacial score (nSPS) is 11.5. The van der Waals surface area contributed by atoms with Crippen LogP contribution in [0.3, 0.4) is 0 Å². The quantitative estimate of drug-likeness (QED) is 0.405. The summed E-state index contributed by atoms with van der Waals surface area (Å²) in [6.07, 6.45) is 0.999. The predicted molar refractivity (Wildman–Crippen MR) is 92.6 cm³/mol. The second kappa shape index (κ2) is 6.63. The number of fused-ring (bicyclic) bond motifs is 1. The van der Waals surface area contributed by atoms with Crippen molar-refractivity contribution < 1.29 is 19.3 Å². The van der Waals surface area contributed by atoms with Gasteiger partial charge in [0.2, 0.25) is 0 Å². The third-order valence-corrected chi connectivity index (χ3v) is 3.62. The Morgan fingerprint density at radius 2 is 1.70 bits per heavy atom. The Morgan fingerprint density at radius 1 is 1.11 bits per heavy atom. The number of H-pyrrole nitrogens is 1. The van der Waals surface area contributed by atoms with Gasteiger partial charge < -0.3 is 10.1 Å². The van der Waals surface area contributed by atoms with Crippen LogP contribution < -0.4 is 5.56 Å². The van der Waals surface area contributed by atoms with Gasteiger partial charge in [-0.2, -0.15) is 0 Å². The van der Waals surface area contributed by atoms with Gasteiger partial charge in [0.1, 0.15) is 17.3 Å². The standard InChI is InChI=1S/C16H9FN4O6/c17-9-3-1-8(2-4-9)15(22)7-12-16(23)19-11-6-14(21(26)27)13(20(24)25)5-10(11)18-12/h1-7,22H,(H,19,23). The summed E-state index contributed by atoms with van der Waals surface area (Å²) in [7, 11) is 0. The van der Waals surface area contributed by atoms with E-state index in [-0.39, 0.29) is 28.0 Å². The van der Waals surface area contributed by atoms with Crippen molar-refractivity contribution in [3.8, 4) is 0 Å². The van der Waals surface area contributed by atoms with Crippen LogP contribution in [0.1, 0.15) is 11.3 Å². The Balaban J connectivity index is 2.16. The molecular weight excluding hydrogens is 363 g/mol. The zero-order valence-electron chi connectivity index (χ0n) is 13.2. The van der Waals surface area contributed by atoms with Crippen molar-refractivity contribution in [3.05, 3.63) is 84.1 Å². The predicted octanol–water partition coefficient (Wildman–Crippen LogP) is 2.93. The average molecular weight is 372 g/mol. The highest BCUT2D eigenvalue weighted by atomic mass is 19.1. The van der Waals surface area contributed by atoms with Crippen molar-refractivity contribution in [2.24, 2.45) is 0 Å². The summed E-state index contributed by atoms with van der Waals surface area (Å²) < 4.78 is 12.9. The molecule has 0 fully saturated rings. The number of benzene rings is 2. The molecule has 0 bridgehead atoms. The van der Waals surface area contributed by atoms with Gasteiger partial charge in [0, 0.05) is 17.7 Å². The number of aliphatic hydroxyl groups excluding tert-OH is 1. The number of aliphatic hydroxyl groups is 1. The van der Waals surface area contributed by atoms with Gasteiger partial charge in [0.25, 0.3) is 5.56 Å².